The lowest BCUT2D eigenvalue weighted by molar-refractivity contribution is 0.0943. The van der Waals surface area contributed by atoms with E-state index in [0.717, 1.165) is 13.0 Å². The molecule has 0 spiro atoms. The van der Waals surface area contributed by atoms with Crippen LogP contribution in [0.5, 0.6) is 0 Å². The molecule has 1 rings (SSSR count). The van der Waals surface area contributed by atoms with Gasteiger partial charge >= 0.3 is 0 Å². The number of nitrogens with one attached hydrogen (secondary N) is 1. The van der Waals surface area contributed by atoms with E-state index < -0.39 is 6.10 Å². The fourth-order valence-corrected chi connectivity index (χ4v) is 2.20. The van der Waals surface area contributed by atoms with E-state index in [9.17, 15) is 0 Å². The zero-order chi connectivity index (χ0) is 10.4. The van der Waals surface area contributed by atoms with Crippen LogP contribution >= 0.6 is 11.3 Å². The third-order valence-electron chi connectivity index (χ3n) is 2.09. The Morgan fingerprint density at radius 1 is 1.57 bits per heavy atom. The predicted octanol–water partition coefficient (Wildman–Crippen LogP) is 0.753. The minimum atomic E-state index is -0.653. The summed E-state index contributed by atoms with van der Waals surface area (Å²) < 4.78 is 0. The summed E-state index contributed by atoms with van der Waals surface area (Å²) in [5.74, 6) is 0. The molecule has 0 saturated carbocycles. The highest BCUT2D eigenvalue weighted by Gasteiger charge is 2.04. The standard InChI is InChI=1S/C10H17NO2S/c1-2-8-3-4-14-10(8)6-11-5-9(13)7-12/h3-4,9,11-13H,2,5-7H2,1H3. The predicted molar refractivity (Wildman–Crippen MR) is 58.5 cm³/mol. The lowest BCUT2D eigenvalue weighted by Gasteiger charge is -2.08. The van der Waals surface area contributed by atoms with Gasteiger partial charge < -0.3 is 15.5 Å². The number of aliphatic hydroxyl groups excluding tert-OH is 2. The molecule has 0 fully saturated rings. The van der Waals surface area contributed by atoms with E-state index in [1.807, 2.05) is 0 Å². The Bertz CT molecular complexity index is 262. The number of hydrogen-bond acceptors (Lipinski definition) is 4. The maximum absolute atomic E-state index is 9.10. The van der Waals surface area contributed by atoms with Gasteiger partial charge in [0.25, 0.3) is 0 Å². The van der Waals surface area contributed by atoms with Crippen LogP contribution in [0.15, 0.2) is 11.4 Å². The molecule has 14 heavy (non-hydrogen) atoms. The summed E-state index contributed by atoms with van der Waals surface area (Å²) in [5.41, 5.74) is 1.36. The molecule has 0 bridgehead atoms. The molecule has 0 radical (unpaired) electrons. The minimum Gasteiger partial charge on any atom is -0.394 e. The second-order valence-electron chi connectivity index (χ2n) is 3.19. The van der Waals surface area contributed by atoms with Gasteiger partial charge in [0.15, 0.2) is 0 Å². The Balaban J connectivity index is 2.31. The van der Waals surface area contributed by atoms with Crippen LogP contribution in [0.1, 0.15) is 17.4 Å². The molecule has 4 heteroatoms. The first kappa shape index (κ1) is 11.7. The molecule has 1 unspecified atom stereocenters. The van der Waals surface area contributed by atoms with Gasteiger partial charge in [-0.15, -0.1) is 11.3 Å². The highest BCUT2D eigenvalue weighted by Crippen LogP contribution is 2.16. The summed E-state index contributed by atoms with van der Waals surface area (Å²) in [6.45, 7) is 3.17. The SMILES string of the molecule is CCc1ccsc1CNCC(O)CO. The van der Waals surface area contributed by atoms with E-state index in [0.29, 0.717) is 6.54 Å². The van der Waals surface area contributed by atoms with Crippen molar-refractivity contribution in [2.75, 3.05) is 13.2 Å². The van der Waals surface area contributed by atoms with E-state index in [-0.39, 0.29) is 6.61 Å². The Morgan fingerprint density at radius 3 is 3.00 bits per heavy atom. The first-order valence-corrected chi connectivity index (χ1v) is 5.70. The number of aryl methyl sites for hydroxylation is 1. The molecule has 0 aliphatic heterocycles. The van der Waals surface area contributed by atoms with Crippen LogP contribution in [0.3, 0.4) is 0 Å². The zero-order valence-corrected chi connectivity index (χ0v) is 9.18. The van der Waals surface area contributed by atoms with Crippen LogP contribution in [-0.2, 0) is 13.0 Å². The van der Waals surface area contributed by atoms with Gasteiger partial charge in [-0.3, -0.25) is 0 Å². The Labute approximate surface area is 88.4 Å². The maximum Gasteiger partial charge on any atom is 0.0895 e. The molecule has 0 saturated heterocycles. The molecule has 80 valence electrons. The van der Waals surface area contributed by atoms with Gasteiger partial charge in [0.05, 0.1) is 12.7 Å². The van der Waals surface area contributed by atoms with E-state index >= 15 is 0 Å². The van der Waals surface area contributed by atoms with Gasteiger partial charge in [0.2, 0.25) is 0 Å². The number of rotatable bonds is 6. The van der Waals surface area contributed by atoms with Crippen molar-refractivity contribution < 1.29 is 10.2 Å². The Kier molecular flexibility index (Phi) is 5.11. The van der Waals surface area contributed by atoms with Crippen molar-refractivity contribution in [2.24, 2.45) is 0 Å². The third-order valence-corrected chi connectivity index (χ3v) is 3.06. The van der Waals surface area contributed by atoms with Crippen molar-refractivity contribution >= 4 is 11.3 Å². The van der Waals surface area contributed by atoms with Gasteiger partial charge in [-0.05, 0) is 23.4 Å². The second kappa shape index (κ2) is 6.14. The van der Waals surface area contributed by atoms with Crippen molar-refractivity contribution in [1.82, 2.24) is 5.32 Å². The highest BCUT2D eigenvalue weighted by atomic mass is 32.1. The molecule has 3 N–H and O–H groups in total. The van der Waals surface area contributed by atoms with Crippen molar-refractivity contribution in [3.8, 4) is 0 Å². The number of thiophene rings is 1. The molecule has 3 nitrogen and oxygen atoms in total. The quantitative estimate of drug-likeness (QED) is 0.656. The van der Waals surface area contributed by atoms with E-state index in [4.69, 9.17) is 10.2 Å². The van der Waals surface area contributed by atoms with Crippen LogP contribution in [0.25, 0.3) is 0 Å². The first-order chi connectivity index (χ1) is 6.77. The molecular weight excluding hydrogens is 198 g/mol. The largest absolute Gasteiger partial charge is 0.394 e. The Hall–Kier alpha value is -0.420. The smallest absolute Gasteiger partial charge is 0.0895 e. The van der Waals surface area contributed by atoms with Crippen LogP contribution in [0, 0.1) is 0 Å². The summed E-state index contributed by atoms with van der Waals surface area (Å²) in [4.78, 5) is 1.32. The monoisotopic (exact) mass is 215 g/mol. The van der Waals surface area contributed by atoms with Crippen LogP contribution in [-0.4, -0.2) is 29.5 Å². The first-order valence-electron chi connectivity index (χ1n) is 4.82. The second-order valence-corrected chi connectivity index (χ2v) is 4.19. The lowest BCUT2D eigenvalue weighted by Crippen LogP contribution is -2.28. The van der Waals surface area contributed by atoms with Crippen LogP contribution in [0.4, 0.5) is 0 Å². The van der Waals surface area contributed by atoms with Gasteiger partial charge in [-0.1, -0.05) is 6.92 Å². The molecule has 0 aliphatic rings. The fourth-order valence-electron chi connectivity index (χ4n) is 1.25. The lowest BCUT2D eigenvalue weighted by atomic mass is 10.2. The van der Waals surface area contributed by atoms with E-state index in [1.165, 1.54) is 10.4 Å². The summed E-state index contributed by atoms with van der Waals surface area (Å²) in [6, 6.07) is 2.13. The molecule has 1 aromatic rings. The van der Waals surface area contributed by atoms with E-state index in [2.05, 4.69) is 23.7 Å². The van der Waals surface area contributed by atoms with Gasteiger partial charge in [-0.25, -0.2) is 0 Å². The summed E-state index contributed by atoms with van der Waals surface area (Å²) in [5, 5.41) is 22.9. The molecule has 0 amide bonds. The van der Waals surface area contributed by atoms with Crippen molar-refractivity contribution in [2.45, 2.75) is 26.0 Å². The summed E-state index contributed by atoms with van der Waals surface area (Å²) in [7, 11) is 0. The van der Waals surface area contributed by atoms with Gasteiger partial charge in [0.1, 0.15) is 0 Å². The molecule has 1 aromatic heterocycles. The van der Waals surface area contributed by atoms with E-state index in [1.54, 1.807) is 11.3 Å². The maximum atomic E-state index is 9.10. The third kappa shape index (κ3) is 3.38. The molecule has 0 aliphatic carbocycles. The average molecular weight is 215 g/mol. The van der Waals surface area contributed by atoms with Crippen molar-refractivity contribution in [3.05, 3.63) is 21.9 Å². The normalized spacial score (nSPS) is 13.1. The van der Waals surface area contributed by atoms with Crippen molar-refractivity contribution in [3.63, 3.8) is 0 Å². The topological polar surface area (TPSA) is 52.5 Å². The molecular formula is C10H17NO2S. The number of aliphatic hydroxyl groups is 2. The van der Waals surface area contributed by atoms with Gasteiger partial charge in [0, 0.05) is 18.0 Å². The van der Waals surface area contributed by atoms with Crippen LogP contribution in [0.2, 0.25) is 0 Å². The van der Waals surface area contributed by atoms with Crippen LogP contribution < -0.4 is 5.32 Å². The Morgan fingerprint density at radius 2 is 2.36 bits per heavy atom. The fraction of sp³-hybridized carbons (Fsp3) is 0.600. The molecule has 0 aromatic carbocycles. The minimum absolute atomic E-state index is 0.182. The van der Waals surface area contributed by atoms with Gasteiger partial charge in [-0.2, -0.15) is 0 Å². The molecule has 1 atom stereocenters. The highest BCUT2D eigenvalue weighted by molar-refractivity contribution is 7.10. The summed E-state index contributed by atoms with van der Waals surface area (Å²) >= 11 is 1.73. The summed E-state index contributed by atoms with van der Waals surface area (Å²) in [6.07, 6.45) is 0.392. The average Bonchev–Trinajstić information content (AvgIpc) is 2.65. The molecule has 1 heterocycles. The number of hydrogen-bond donors (Lipinski definition) is 3. The van der Waals surface area contributed by atoms with Crippen molar-refractivity contribution in [1.29, 1.82) is 0 Å². The zero-order valence-electron chi connectivity index (χ0n) is 8.36.